The Hall–Kier alpha value is -4.32. The van der Waals surface area contributed by atoms with Crippen LogP contribution in [0.15, 0.2) is 84.1 Å². The summed E-state index contributed by atoms with van der Waals surface area (Å²) in [5.74, 6) is 1.50. The van der Waals surface area contributed by atoms with Gasteiger partial charge in [-0.1, -0.05) is 68.1 Å². The number of carbonyl (C=O) groups excluding carboxylic acids is 1. The fourth-order valence-electron chi connectivity index (χ4n) is 5.25. The lowest BCUT2D eigenvalue weighted by atomic mass is 9.99. The molecule has 4 aromatic rings. The van der Waals surface area contributed by atoms with Crippen LogP contribution in [0.2, 0.25) is 0 Å². The van der Waals surface area contributed by atoms with Crippen LogP contribution in [-0.2, 0) is 6.42 Å². The quantitative estimate of drug-likeness (QED) is 0.174. The van der Waals surface area contributed by atoms with E-state index in [9.17, 15) is 18.0 Å². The van der Waals surface area contributed by atoms with Gasteiger partial charge < -0.3 is 15.0 Å². The van der Waals surface area contributed by atoms with Gasteiger partial charge in [-0.15, -0.1) is 18.3 Å². The van der Waals surface area contributed by atoms with Crippen molar-refractivity contribution in [1.82, 2.24) is 20.1 Å². The van der Waals surface area contributed by atoms with Gasteiger partial charge in [-0.2, -0.15) is 4.99 Å². The molecule has 0 bridgehead atoms. The predicted octanol–water partition coefficient (Wildman–Crippen LogP) is 8.38. The van der Waals surface area contributed by atoms with Gasteiger partial charge in [-0.05, 0) is 80.0 Å². The number of halogens is 3. The third-order valence-corrected chi connectivity index (χ3v) is 8.62. The number of para-hydroxylation sites is 1. The first kappa shape index (κ1) is 33.1. The van der Waals surface area contributed by atoms with Crippen molar-refractivity contribution in [3.05, 3.63) is 90.3 Å². The summed E-state index contributed by atoms with van der Waals surface area (Å²) in [6.07, 6.45) is 0.372. The van der Waals surface area contributed by atoms with E-state index in [2.05, 4.69) is 69.0 Å². The number of alkyl halides is 3. The number of ether oxygens (including phenoxy) is 1. The topological polar surface area (TPSA) is 84.6 Å². The Bertz CT molecular complexity index is 1640. The van der Waals surface area contributed by atoms with Crippen molar-refractivity contribution >= 4 is 28.6 Å². The zero-order valence-corrected chi connectivity index (χ0v) is 26.8. The van der Waals surface area contributed by atoms with Crippen LogP contribution in [0.4, 0.5) is 23.7 Å². The van der Waals surface area contributed by atoms with Crippen LogP contribution < -0.4 is 15.0 Å². The number of urea groups is 1. The number of thioether (sulfide) groups is 1. The summed E-state index contributed by atoms with van der Waals surface area (Å²) in [4.78, 5) is 23.8. The number of nitrogens with one attached hydrogen (secondary N) is 1. The lowest BCUT2D eigenvalue weighted by molar-refractivity contribution is -0.274. The highest BCUT2D eigenvalue weighted by Crippen LogP contribution is 2.34. The van der Waals surface area contributed by atoms with Gasteiger partial charge in [0.2, 0.25) is 0 Å². The Kier molecular flexibility index (Phi) is 10.7. The molecule has 8 nitrogen and oxygen atoms in total. The van der Waals surface area contributed by atoms with Crippen molar-refractivity contribution in [3.63, 3.8) is 0 Å². The van der Waals surface area contributed by atoms with E-state index in [0.29, 0.717) is 24.0 Å². The first-order chi connectivity index (χ1) is 22.1. The second kappa shape index (κ2) is 14.8. The Balaban J connectivity index is 1.09. The standard InChI is InChI=1S/C34H37F3N6O2S/c1-23(2)29-9-4-5-10-30(29)43-24(3)19-21-46-33(43)40-32(44)38-20-7-6-8-25-11-13-26(14-12-25)31-39-22-42(41-31)27-15-17-28(18-16-27)45-34(35,36)37/h4-5,9-18,22-24H,6-8,19-21H2,1-3H3,(H,38,44). The van der Waals surface area contributed by atoms with Crippen molar-refractivity contribution in [2.24, 2.45) is 4.99 Å². The second-order valence-electron chi connectivity index (χ2n) is 11.4. The molecule has 1 aliphatic heterocycles. The van der Waals surface area contributed by atoms with E-state index in [1.54, 1.807) is 11.8 Å². The lowest BCUT2D eigenvalue weighted by Gasteiger charge is -2.37. The molecule has 0 spiro atoms. The number of aryl methyl sites for hydroxylation is 1. The number of aliphatic imine (C=N–C) groups is 1. The maximum absolute atomic E-state index is 12.8. The van der Waals surface area contributed by atoms with Crippen molar-refractivity contribution in [1.29, 1.82) is 0 Å². The first-order valence-electron chi connectivity index (χ1n) is 15.3. The van der Waals surface area contributed by atoms with E-state index in [1.807, 2.05) is 30.3 Å². The van der Waals surface area contributed by atoms with Crippen LogP contribution in [0.1, 0.15) is 57.1 Å². The first-order valence-corrected chi connectivity index (χ1v) is 16.3. The molecule has 0 saturated carbocycles. The minimum Gasteiger partial charge on any atom is -0.406 e. The predicted molar refractivity (Wildman–Crippen MR) is 177 cm³/mol. The molecule has 1 aliphatic rings. The zero-order chi connectivity index (χ0) is 32.7. The van der Waals surface area contributed by atoms with Gasteiger partial charge in [0.15, 0.2) is 11.0 Å². The van der Waals surface area contributed by atoms with Crippen LogP contribution in [0.3, 0.4) is 0 Å². The molecule has 0 aliphatic carbocycles. The van der Waals surface area contributed by atoms with Gasteiger partial charge >= 0.3 is 12.4 Å². The molecular weight excluding hydrogens is 613 g/mol. The minimum atomic E-state index is -4.74. The maximum Gasteiger partial charge on any atom is 0.573 e. The van der Waals surface area contributed by atoms with Crippen LogP contribution in [-0.4, -0.2) is 50.7 Å². The molecule has 1 N–H and O–H groups in total. The number of anilines is 1. The van der Waals surface area contributed by atoms with Gasteiger partial charge in [0, 0.05) is 29.6 Å². The van der Waals surface area contributed by atoms with Crippen LogP contribution in [0.5, 0.6) is 5.75 Å². The highest BCUT2D eigenvalue weighted by Gasteiger charge is 2.31. The number of hydrogen-bond donors (Lipinski definition) is 1. The van der Waals surface area contributed by atoms with Crippen molar-refractivity contribution in [2.75, 3.05) is 17.2 Å². The number of aromatic nitrogens is 3. The molecule has 1 fully saturated rings. The number of unbranched alkanes of at least 4 members (excludes halogenated alkanes) is 1. The van der Waals surface area contributed by atoms with E-state index < -0.39 is 6.36 Å². The fourth-order valence-corrected chi connectivity index (χ4v) is 6.45. The van der Waals surface area contributed by atoms with Gasteiger partial charge in [0.25, 0.3) is 0 Å². The Morgan fingerprint density at radius 3 is 2.52 bits per heavy atom. The highest BCUT2D eigenvalue weighted by atomic mass is 32.2. The van der Waals surface area contributed by atoms with Crippen LogP contribution >= 0.6 is 11.8 Å². The average molecular weight is 651 g/mol. The number of amidine groups is 1. The fraction of sp³-hybridized carbons (Fsp3) is 0.353. The molecule has 1 saturated heterocycles. The third-order valence-electron chi connectivity index (χ3n) is 7.64. The lowest BCUT2D eigenvalue weighted by Crippen LogP contribution is -2.42. The summed E-state index contributed by atoms with van der Waals surface area (Å²) in [5, 5.41) is 8.16. The second-order valence-corrected chi connectivity index (χ2v) is 12.5. The summed E-state index contributed by atoms with van der Waals surface area (Å²) in [6, 6.07) is 21.7. The van der Waals surface area contributed by atoms with E-state index >= 15 is 0 Å². The molecule has 1 atom stereocenters. The average Bonchev–Trinajstić information content (AvgIpc) is 3.51. The molecule has 242 valence electrons. The molecule has 3 aromatic carbocycles. The largest absolute Gasteiger partial charge is 0.573 e. The van der Waals surface area contributed by atoms with E-state index in [-0.39, 0.29) is 17.8 Å². The molecule has 2 heterocycles. The number of nitrogens with zero attached hydrogens (tertiary/aromatic N) is 5. The summed E-state index contributed by atoms with van der Waals surface area (Å²) in [5.41, 5.74) is 4.90. The highest BCUT2D eigenvalue weighted by molar-refractivity contribution is 8.14. The van der Waals surface area contributed by atoms with Crippen LogP contribution in [0, 0.1) is 0 Å². The summed E-state index contributed by atoms with van der Waals surface area (Å²) < 4.78 is 42.6. The number of rotatable bonds is 10. The van der Waals surface area contributed by atoms with Crippen molar-refractivity contribution in [2.45, 2.75) is 64.8 Å². The Labute approximate surface area is 271 Å². The normalized spacial score (nSPS) is 16.2. The van der Waals surface area contributed by atoms with Gasteiger partial charge in [0.1, 0.15) is 12.1 Å². The minimum absolute atomic E-state index is 0.257. The molecule has 1 aromatic heterocycles. The number of hydrogen-bond acceptors (Lipinski definition) is 5. The smallest absolute Gasteiger partial charge is 0.406 e. The Morgan fingerprint density at radius 2 is 1.80 bits per heavy atom. The van der Waals surface area contributed by atoms with E-state index in [4.69, 9.17) is 0 Å². The molecule has 46 heavy (non-hydrogen) atoms. The van der Waals surface area contributed by atoms with Gasteiger partial charge in [-0.3, -0.25) is 0 Å². The van der Waals surface area contributed by atoms with Crippen molar-refractivity contribution < 1.29 is 22.7 Å². The molecule has 1 unspecified atom stereocenters. The molecule has 0 radical (unpaired) electrons. The van der Waals surface area contributed by atoms with E-state index in [1.165, 1.54) is 40.8 Å². The summed E-state index contributed by atoms with van der Waals surface area (Å²) in [7, 11) is 0. The summed E-state index contributed by atoms with van der Waals surface area (Å²) in [6.45, 7) is 7.09. The third kappa shape index (κ3) is 8.68. The van der Waals surface area contributed by atoms with Gasteiger partial charge in [-0.25, -0.2) is 14.5 Å². The molecule has 2 amide bonds. The zero-order valence-electron chi connectivity index (χ0n) is 26.0. The monoisotopic (exact) mass is 650 g/mol. The van der Waals surface area contributed by atoms with E-state index in [0.717, 1.165) is 53.4 Å². The molecule has 5 rings (SSSR count). The van der Waals surface area contributed by atoms with Crippen LogP contribution in [0.25, 0.3) is 17.1 Å². The van der Waals surface area contributed by atoms with Gasteiger partial charge in [0.05, 0.1) is 5.69 Å². The SMILES string of the molecule is CC(C)c1ccccc1N1C(=NC(=O)NCCCCc2ccc(-c3ncn(-c4ccc(OC(F)(F)F)cc4)n3)cc2)SCCC1C. The number of amides is 2. The summed E-state index contributed by atoms with van der Waals surface area (Å²) >= 11 is 1.63. The number of carbonyl (C=O) groups is 1. The Morgan fingerprint density at radius 1 is 1.07 bits per heavy atom. The van der Waals surface area contributed by atoms with Crippen molar-refractivity contribution in [3.8, 4) is 22.8 Å². The maximum atomic E-state index is 12.8. The number of benzene rings is 3. The molecular formula is C34H37F3N6O2S. The molecule has 12 heteroatoms.